The molecule has 1 aromatic rings. The van der Waals surface area contributed by atoms with E-state index in [2.05, 4.69) is 15.3 Å². The Labute approximate surface area is 88.7 Å². The Balaban J connectivity index is 2.54. The molecule has 3 N–H and O–H groups in total. The van der Waals surface area contributed by atoms with E-state index < -0.39 is 12.6 Å². The topological polar surface area (TPSA) is 63.8 Å². The first-order valence-corrected chi connectivity index (χ1v) is 4.35. The van der Waals surface area contributed by atoms with Gasteiger partial charge in [0.25, 0.3) is 0 Å². The van der Waals surface area contributed by atoms with Crippen molar-refractivity contribution < 1.29 is 13.2 Å². The summed E-state index contributed by atoms with van der Waals surface area (Å²) in [7, 11) is 0. The zero-order chi connectivity index (χ0) is 11.5. The van der Waals surface area contributed by atoms with E-state index in [9.17, 15) is 13.2 Å². The van der Waals surface area contributed by atoms with Crippen LogP contribution in [0, 0.1) is 0 Å². The molecular weight excluding hydrogens is 233 g/mol. The maximum atomic E-state index is 11.8. The fourth-order valence-electron chi connectivity index (χ4n) is 0.834. The second kappa shape index (κ2) is 4.52. The molecule has 84 valence electrons. The highest BCUT2D eigenvalue weighted by atomic mass is 35.5. The number of aromatic nitrogens is 2. The van der Waals surface area contributed by atoms with Crippen molar-refractivity contribution >= 4 is 23.1 Å². The number of nitrogens with one attached hydrogen (secondary N) is 1. The van der Waals surface area contributed by atoms with E-state index in [0.717, 1.165) is 0 Å². The van der Waals surface area contributed by atoms with Crippen LogP contribution < -0.4 is 11.1 Å². The second-order valence-electron chi connectivity index (χ2n) is 2.73. The Morgan fingerprint density at radius 1 is 1.47 bits per heavy atom. The average molecular weight is 241 g/mol. The lowest BCUT2D eigenvalue weighted by molar-refractivity contribution is -0.131. The maximum Gasteiger partial charge on any atom is 0.390 e. The number of hydrogen-bond donors (Lipinski definition) is 2. The summed E-state index contributed by atoms with van der Waals surface area (Å²) >= 11 is 5.45. The summed E-state index contributed by atoms with van der Waals surface area (Å²) in [6, 6.07) is 0. The lowest BCUT2D eigenvalue weighted by Gasteiger charge is -2.09. The van der Waals surface area contributed by atoms with E-state index in [0.29, 0.717) is 0 Å². The number of halogens is 4. The van der Waals surface area contributed by atoms with Gasteiger partial charge < -0.3 is 11.1 Å². The lowest BCUT2D eigenvalue weighted by Crippen LogP contribution is -2.16. The third kappa shape index (κ3) is 4.20. The highest BCUT2D eigenvalue weighted by Crippen LogP contribution is 2.20. The quantitative estimate of drug-likeness (QED) is 0.794. The van der Waals surface area contributed by atoms with Gasteiger partial charge in [-0.25, -0.2) is 4.98 Å². The van der Waals surface area contributed by atoms with Crippen LogP contribution in [0.15, 0.2) is 6.20 Å². The average Bonchev–Trinajstić information content (AvgIpc) is 2.09. The first kappa shape index (κ1) is 11.8. The number of alkyl halides is 3. The number of nitrogen functional groups attached to an aromatic ring is 1. The van der Waals surface area contributed by atoms with Gasteiger partial charge in [-0.2, -0.15) is 18.2 Å². The second-order valence-corrected chi connectivity index (χ2v) is 3.07. The van der Waals surface area contributed by atoms with Crippen molar-refractivity contribution in [3.63, 3.8) is 0 Å². The lowest BCUT2D eigenvalue weighted by atomic mass is 10.4. The van der Waals surface area contributed by atoms with E-state index in [1.54, 1.807) is 0 Å². The molecule has 4 nitrogen and oxygen atoms in total. The summed E-state index contributed by atoms with van der Waals surface area (Å²) in [5.74, 6) is 0.110. The van der Waals surface area contributed by atoms with Gasteiger partial charge in [-0.05, 0) is 11.6 Å². The molecule has 0 radical (unpaired) electrons. The van der Waals surface area contributed by atoms with Crippen LogP contribution in [-0.4, -0.2) is 22.7 Å². The van der Waals surface area contributed by atoms with Crippen molar-refractivity contribution in [3.8, 4) is 0 Å². The Kier molecular flexibility index (Phi) is 3.57. The molecule has 0 saturated heterocycles. The minimum absolute atomic E-state index is 0.0706. The van der Waals surface area contributed by atoms with E-state index in [4.69, 9.17) is 17.3 Å². The molecule has 1 rings (SSSR count). The van der Waals surface area contributed by atoms with Crippen molar-refractivity contribution in [1.82, 2.24) is 9.97 Å². The molecule has 0 spiro atoms. The minimum Gasteiger partial charge on any atom is -0.394 e. The molecule has 0 bridgehead atoms. The highest BCUT2D eigenvalue weighted by molar-refractivity contribution is 6.28. The molecule has 0 aliphatic carbocycles. The van der Waals surface area contributed by atoms with Gasteiger partial charge in [-0.1, -0.05) is 0 Å². The maximum absolute atomic E-state index is 11.8. The van der Waals surface area contributed by atoms with Crippen molar-refractivity contribution in [1.29, 1.82) is 0 Å². The van der Waals surface area contributed by atoms with Crippen LogP contribution in [-0.2, 0) is 0 Å². The predicted molar refractivity (Wildman–Crippen MR) is 50.6 cm³/mol. The Morgan fingerprint density at radius 2 is 2.13 bits per heavy atom. The monoisotopic (exact) mass is 240 g/mol. The van der Waals surface area contributed by atoms with Crippen LogP contribution in [0.3, 0.4) is 0 Å². The fourth-order valence-corrected chi connectivity index (χ4v) is 0.967. The zero-order valence-corrected chi connectivity index (χ0v) is 8.23. The predicted octanol–water partition coefficient (Wildman–Crippen LogP) is 2.08. The van der Waals surface area contributed by atoms with Gasteiger partial charge in [0.2, 0.25) is 5.28 Å². The molecule has 0 atom stereocenters. The van der Waals surface area contributed by atoms with Gasteiger partial charge in [0.1, 0.15) is 0 Å². The molecule has 1 aromatic heterocycles. The first-order chi connectivity index (χ1) is 6.88. The molecule has 15 heavy (non-hydrogen) atoms. The molecule has 0 unspecified atom stereocenters. The summed E-state index contributed by atoms with van der Waals surface area (Å²) in [5.41, 5.74) is 5.57. The van der Waals surface area contributed by atoms with Gasteiger partial charge in [0.05, 0.1) is 18.3 Å². The zero-order valence-electron chi connectivity index (χ0n) is 7.48. The van der Waals surface area contributed by atoms with Crippen molar-refractivity contribution in [2.75, 3.05) is 17.6 Å². The minimum atomic E-state index is -4.21. The van der Waals surface area contributed by atoms with E-state index >= 15 is 0 Å². The number of hydrogen-bond acceptors (Lipinski definition) is 4. The number of nitrogens with two attached hydrogens (primary N) is 1. The summed E-state index contributed by atoms with van der Waals surface area (Å²) in [5, 5.41) is 2.36. The van der Waals surface area contributed by atoms with Gasteiger partial charge in [-0.15, -0.1) is 0 Å². The summed E-state index contributed by atoms with van der Waals surface area (Å²) < 4.78 is 35.4. The Hall–Kier alpha value is -1.24. The third-order valence-electron chi connectivity index (χ3n) is 1.49. The Morgan fingerprint density at radius 3 is 2.73 bits per heavy atom. The van der Waals surface area contributed by atoms with Crippen LogP contribution in [0.4, 0.5) is 24.7 Å². The molecule has 8 heteroatoms. The normalized spacial score (nSPS) is 11.5. The van der Waals surface area contributed by atoms with E-state index in [1.165, 1.54) is 6.20 Å². The Bertz CT molecular complexity index is 341. The van der Waals surface area contributed by atoms with Crippen molar-refractivity contribution in [2.45, 2.75) is 12.6 Å². The molecular formula is C7H8ClF3N4. The van der Waals surface area contributed by atoms with Gasteiger partial charge in [0.15, 0.2) is 5.82 Å². The summed E-state index contributed by atoms with van der Waals surface area (Å²) in [6.07, 6.45) is -3.95. The van der Waals surface area contributed by atoms with Crippen LogP contribution in [0.5, 0.6) is 0 Å². The van der Waals surface area contributed by atoms with E-state index in [-0.39, 0.29) is 23.3 Å². The largest absolute Gasteiger partial charge is 0.394 e. The molecule has 0 amide bonds. The van der Waals surface area contributed by atoms with Crippen molar-refractivity contribution in [2.24, 2.45) is 0 Å². The molecule has 0 aliphatic heterocycles. The number of nitrogens with zero attached hydrogens (tertiary/aromatic N) is 2. The van der Waals surface area contributed by atoms with Crippen LogP contribution >= 0.6 is 11.6 Å². The van der Waals surface area contributed by atoms with Crippen molar-refractivity contribution in [3.05, 3.63) is 11.5 Å². The van der Waals surface area contributed by atoms with Gasteiger partial charge in [-0.3, -0.25) is 0 Å². The van der Waals surface area contributed by atoms with Crippen LogP contribution in [0.25, 0.3) is 0 Å². The van der Waals surface area contributed by atoms with E-state index in [1.807, 2.05) is 0 Å². The standard InChI is InChI=1S/C7H8ClF3N4/c8-6-14-3-4(12)5(15-6)13-2-1-7(9,10)11/h3H,1-2,12H2,(H,13,14,15). The molecule has 1 heterocycles. The summed E-state index contributed by atoms with van der Waals surface area (Å²) in [4.78, 5) is 7.21. The smallest absolute Gasteiger partial charge is 0.390 e. The van der Waals surface area contributed by atoms with Gasteiger partial charge in [0, 0.05) is 6.54 Å². The van der Waals surface area contributed by atoms with Crippen LogP contribution in [0.1, 0.15) is 6.42 Å². The first-order valence-electron chi connectivity index (χ1n) is 3.97. The number of anilines is 2. The fraction of sp³-hybridized carbons (Fsp3) is 0.429. The van der Waals surface area contributed by atoms with Crippen LogP contribution in [0.2, 0.25) is 5.28 Å². The summed E-state index contributed by atoms with van der Waals surface area (Å²) in [6.45, 7) is -0.305. The molecule has 0 saturated carbocycles. The van der Waals surface area contributed by atoms with Gasteiger partial charge >= 0.3 is 6.18 Å². The highest BCUT2D eigenvalue weighted by Gasteiger charge is 2.26. The molecule has 0 aliphatic rings. The SMILES string of the molecule is Nc1cnc(Cl)nc1NCCC(F)(F)F. The molecule has 0 fully saturated rings. The molecule has 0 aromatic carbocycles. The third-order valence-corrected chi connectivity index (χ3v) is 1.67. The number of rotatable bonds is 3.